The lowest BCUT2D eigenvalue weighted by atomic mass is 10.2. The van der Waals surface area contributed by atoms with Crippen molar-refractivity contribution in [1.29, 1.82) is 0 Å². The van der Waals surface area contributed by atoms with Crippen molar-refractivity contribution in [3.8, 4) is 11.5 Å². The summed E-state index contributed by atoms with van der Waals surface area (Å²) in [5, 5.41) is 0. The summed E-state index contributed by atoms with van der Waals surface area (Å²) in [6.45, 7) is 0. The molecule has 2 aromatic rings. The lowest BCUT2D eigenvalue weighted by Gasteiger charge is -2.09. The molecule has 0 spiro atoms. The van der Waals surface area contributed by atoms with E-state index in [4.69, 9.17) is 22.7 Å². The molecule has 0 fully saturated rings. The van der Waals surface area contributed by atoms with E-state index in [1.54, 1.807) is 0 Å². The van der Waals surface area contributed by atoms with Crippen molar-refractivity contribution in [2.45, 2.75) is 4.90 Å². The molecule has 0 radical (unpaired) electrons. The van der Waals surface area contributed by atoms with Gasteiger partial charge in [-0.1, -0.05) is 18.3 Å². The Hall–Kier alpha value is -1.99. The molecule has 0 heterocycles. The fraction of sp³-hybridized carbons (Fsp3) is 0.0714. The first kappa shape index (κ1) is 15.4. The second-order valence-electron chi connectivity index (χ2n) is 4.36. The molecule has 0 unspecified atom stereocenters. The van der Waals surface area contributed by atoms with Gasteiger partial charge >= 0.3 is 0 Å². The summed E-state index contributed by atoms with van der Waals surface area (Å²) in [7, 11) is -3.35. The largest absolute Gasteiger partial charge is 0.454 e. The van der Waals surface area contributed by atoms with Crippen LogP contribution >= 0.6 is 12.2 Å². The van der Waals surface area contributed by atoms with Crippen LogP contribution in [0.25, 0.3) is 0 Å². The van der Waals surface area contributed by atoms with E-state index in [1.807, 2.05) is 0 Å². The van der Waals surface area contributed by atoms with Crippen LogP contribution in [0.15, 0.2) is 47.4 Å². The first-order valence-corrected chi connectivity index (χ1v) is 8.14. The molecule has 0 atom stereocenters. The van der Waals surface area contributed by atoms with E-state index >= 15 is 0 Å². The Kier molecular flexibility index (Phi) is 4.24. The van der Waals surface area contributed by atoms with Gasteiger partial charge < -0.3 is 10.5 Å². The monoisotopic (exact) mass is 325 g/mol. The summed E-state index contributed by atoms with van der Waals surface area (Å²) in [6, 6.07) is 9.91. The second-order valence-corrected chi connectivity index (χ2v) is 6.81. The van der Waals surface area contributed by atoms with E-state index in [2.05, 4.69) is 0 Å². The van der Waals surface area contributed by atoms with Gasteiger partial charge in [0.1, 0.15) is 10.7 Å². The quantitative estimate of drug-likeness (QED) is 0.875. The van der Waals surface area contributed by atoms with Gasteiger partial charge in [-0.05, 0) is 36.4 Å². The minimum atomic E-state index is -3.35. The highest BCUT2D eigenvalue weighted by atomic mass is 32.2. The molecular formula is C14H12FNO3S2. The molecule has 0 aliphatic heterocycles. The van der Waals surface area contributed by atoms with Gasteiger partial charge in [0.05, 0.1) is 4.90 Å². The highest BCUT2D eigenvalue weighted by Crippen LogP contribution is 2.26. The van der Waals surface area contributed by atoms with E-state index in [1.165, 1.54) is 36.4 Å². The molecule has 2 rings (SSSR count). The van der Waals surface area contributed by atoms with Crippen LogP contribution in [0.1, 0.15) is 5.56 Å². The predicted octanol–water partition coefficient (Wildman–Crippen LogP) is 2.66. The molecule has 2 aromatic carbocycles. The molecule has 0 saturated heterocycles. The molecule has 0 saturated carbocycles. The van der Waals surface area contributed by atoms with Crippen molar-refractivity contribution < 1.29 is 17.5 Å². The minimum Gasteiger partial charge on any atom is -0.454 e. The van der Waals surface area contributed by atoms with E-state index in [-0.39, 0.29) is 21.4 Å². The Morgan fingerprint density at radius 2 is 1.95 bits per heavy atom. The molecule has 2 N–H and O–H groups in total. The molecule has 0 amide bonds. The van der Waals surface area contributed by atoms with Crippen molar-refractivity contribution in [3.63, 3.8) is 0 Å². The molecule has 21 heavy (non-hydrogen) atoms. The number of benzene rings is 2. The van der Waals surface area contributed by atoms with Crippen molar-refractivity contribution in [3.05, 3.63) is 53.8 Å². The number of thiocarbonyl (C=S) groups is 1. The van der Waals surface area contributed by atoms with Gasteiger partial charge in [-0.2, -0.15) is 0 Å². The van der Waals surface area contributed by atoms with Crippen LogP contribution in [-0.2, 0) is 9.84 Å². The summed E-state index contributed by atoms with van der Waals surface area (Å²) < 4.78 is 42.2. The van der Waals surface area contributed by atoms with E-state index < -0.39 is 15.7 Å². The zero-order valence-corrected chi connectivity index (χ0v) is 12.7. The third kappa shape index (κ3) is 3.77. The van der Waals surface area contributed by atoms with Gasteiger partial charge in [-0.3, -0.25) is 0 Å². The lowest BCUT2D eigenvalue weighted by molar-refractivity contribution is 0.441. The predicted molar refractivity (Wildman–Crippen MR) is 81.9 cm³/mol. The highest BCUT2D eigenvalue weighted by Gasteiger charge is 2.11. The SMILES string of the molecule is CS(=O)(=O)c1cccc(Oc2ccc(C(N)=S)cc2F)c1. The fourth-order valence-corrected chi connectivity index (χ4v) is 2.42. The summed E-state index contributed by atoms with van der Waals surface area (Å²) in [4.78, 5) is 0.180. The molecule has 0 aliphatic carbocycles. The minimum absolute atomic E-state index is 0.0411. The van der Waals surface area contributed by atoms with Crippen LogP contribution in [0.3, 0.4) is 0 Å². The van der Waals surface area contributed by atoms with E-state index in [0.717, 1.165) is 12.3 Å². The maximum atomic E-state index is 13.9. The zero-order chi connectivity index (χ0) is 15.6. The van der Waals surface area contributed by atoms with Crippen molar-refractivity contribution in [2.24, 2.45) is 5.73 Å². The number of nitrogens with two attached hydrogens (primary N) is 1. The normalized spacial score (nSPS) is 11.1. The summed E-state index contributed by atoms with van der Waals surface area (Å²) in [6.07, 6.45) is 1.09. The number of hydrogen-bond acceptors (Lipinski definition) is 4. The van der Waals surface area contributed by atoms with Gasteiger partial charge in [0, 0.05) is 11.8 Å². The first-order chi connectivity index (χ1) is 9.77. The summed E-state index contributed by atoms with van der Waals surface area (Å²) in [5.74, 6) is -0.453. The molecule has 0 bridgehead atoms. The lowest BCUT2D eigenvalue weighted by Crippen LogP contribution is -2.09. The number of rotatable bonds is 4. The van der Waals surface area contributed by atoms with Crippen LogP contribution in [0.4, 0.5) is 4.39 Å². The maximum absolute atomic E-state index is 13.9. The van der Waals surface area contributed by atoms with Crippen LogP contribution < -0.4 is 10.5 Å². The Labute approximate surface area is 127 Å². The number of ether oxygens (including phenoxy) is 1. The molecule has 4 nitrogen and oxygen atoms in total. The first-order valence-electron chi connectivity index (χ1n) is 5.85. The van der Waals surface area contributed by atoms with Gasteiger partial charge in [-0.15, -0.1) is 0 Å². The maximum Gasteiger partial charge on any atom is 0.175 e. The molecule has 7 heteroatoms. The standard InChI is InChI=1S/C14H12FNO3S2/c1-21(17,18)11-4-2-3-10(8-11)19-13-6-5-9(14(16)20)7-12(13)15/h2-8H,1H3,(H2,16,20). The van der Waals surface area contributed by atoms with Gasteiger partial charge in [0.2, 0.25) is 0 Å². The highest BCUT2D eigenvalue weighted by molar-refractivity contribution is 7.90. The molecule has 110 valence electrons. The van der Waals surface area contributed by atoms with Gasteiger partial charge in [-0.25, -0.2) is 12.8 Å². The molecule has 0 aromatic heterocycles. The number of halogens is 1. The smallest absolute Gasteiger partial charge is 0.175 e. The van der Waals surface area contributed by atoms with Crippen LogP contribution in [0, 0.1) is 5.82 Å². The average molecular weight is 325 g/mol. The van der Waals surface area contributed by atoms with Crippen molar-refractivity contribution >= 4 is 27.0 Å². The van der Waals surface area contributed by atoms with E-state index in [0.29, 0.717) is 5.56 Å². The van der Waals surface area contributed by atoms with Gasteiger partial charge in [0.15, 0.2) is 21.4 Å². The third-order valence-corrected chi connectivity index (χ3v) is 4.02. The van der Waals surface area contributed by atoms with E-state index in [9.17, 15) is 12.8 Å². The molecule has 0 aliphatic rings. The van der Waals surface area contributed by atoms with Crippen molar-refractivity contribution in [1.82, 2.24) is 0 Å². The topological polar surface area (TPSA) is 69.4 Å². The zero-order valence-electron chi connectivity index (χ0n) is 11.0. The second kappa shape index (κ2) is 5.79. The van der Waals surface area contributed by atoms with Crippen molar-refractivity contribution in [2.75, 3.05) is 6.26 Å². The summed E-state index contributed by atoms with van der Waals surface area (Å²) in [5.41, 5.74) is 5.80. The van der Waals surface area contributed by atoms with Crippen LogP contribution in [0.5, 0.6) is 11.5 Å². The Bertz CT molecular complexity index is 804. The Morgan fingerprint density at radius 1 is 1.24 bits per heavy atom. The number of hydrogen-bond donors (Lipinski definition) is 1. The van der Waals surface area contributed by atoms with Crippen LogP contribution in [0.2, 0.25) is 0 Å². The molecular weight excluding hydrogens is 313 g/mol. The van der Waals surface area contributed by atoms with Gasteiger partial charge in [0.25, 0.3) is 0 Å². The Balaban J connectivity index is 2.33. The fourth-order valence-electron chi connectivity index (χ4n) is 1.63. The Morgan fingerprint density at radius 3 is 2.52 bits per heavy atom. The van der Waals surface area contributed by atoms with Crippen LogP contribution in [-0.4, -0.2) is 19.7 Å². The average Bonchev–Trinajstić information content (AvgIpc) is 2.40. The third-order valence-electron chi connectivity index (χ3n) is 2.68. The number of sulfone groups is 1. The summed E-state index contributed by atoms with van der Waals surface area (Å²) >= 11 is 4.76.